The highest BCUT2D eigenvalue weighted by atomic mass is 32.1. The highest BCUT2D eigenvalue weighted by Gasteiger charge is 2.11. The molecule has 0 bridgehead atoms. The zero-order chi connectivity index (χ0) is 13.9. The highest BCUT2D eigenvalue weighted by Crippen LogP contribution is 2.19. The van der Waals surface area contributed by atoms with Gasteiger partial charge in [-0.15, -0.1) is 5.10 Å². The van der Waals surface area contributed by atoms with Crippen LogP contribution in [0.4, 0.5) is 0 Å². The Balaban J connectivity index is 1.87. The maximum Gasteiger partial charge on any atom is 0.336 e. The third kappa shape index (κ3) is 2.46. The molecule has 3 aromatic rings. The van der Waals surface area contributed by atoms with Crippen LogP contribution in [0.5, 0.6) is 0 Å². The molecule has 6 heteroatoms. The maximum atomic E-state index is 11.2. The van der Waals surface area contributed by atoms with Gasteiger partial charge in [-0.2, -0.15) is 11.3 Å². The van der Waals surface area contributed by atoms with E-state index in [1.54, 1.807) is 34.2 Å². The van der Waals surface area contributed by atoms with Crippen LogP contribution in [-0.4, -0.2) is 26.1 Å². The summed E-state index contributed by atoms with van der Waals surface area (Å²) >= 11 is 1.60. The van der Waals surface area contributed by atoms with E-state index in [0.29, 0.717) is 17.7 Å². The van der Waals surface area contributed by atoms with Crippen LogP contribution in [0, 0.1) is 0 Å². The fourth-order valence-electron chi connectivity index (χ4n) is 1.96. The van der Waals surface area contributed by atoms with Gasteiger partial charge in [-0.05, 0) is 23.1 Å². The van der Waals surface area contributed by atoms with Gasteiger partial charge in [0, 0.05) is 10.9 Å². The third-order valence-corrected chi connectivity index (χ3v) is 3.62. The van der Waals surface area contributed by atoms with E-state index >= 15 is 0 Å². The Labute approximate surface area is 119 Å². The second-order valence-electron chi connectivity index (χ2n) is 4.28. The highest BCUT2D eigenvalue weighted by molar-refractivity contribution is 7.08. The quantitative estimate of drug-likeness (QED) is 0.800. The summed E-state index contributed by atoms with van der Waals surface area (Å²) in [6.45, 7) is 0.389. The molecule has 0 amide bonds. The third-order valence-electron chi connectivity index (χ3n) is 2.94. The minimum Gasteiger partial charge on any atom is -0.478 e. The van der Waals surface area contributed by atoms with Gasteiger partial charge in [-0.3, -0.25) is 0 Å². The normalized spacial score (nSPS) is 10.6. The monoisotopic (exact) mass is 285 g/mol. The summed E-state index contributed by atoms with van der Waals surface area (Å²) in [5.74, 6) is -0.932. The molecule has 20 heavy (non-hydrogen) atoms. The summed E-state index contributed by atoms with van der Waals surface area (Å²) < 4.78 is 1.65. The minimum absolute atomic E-state index is 0.292. The van der Waals surface area contributed by atoms with Gasteiger partial charge >= 0.3 is 5.97 Å². The van der Waals surface area contributed by atoms with E-state index in [2.05, 4.69) is 10.3 Å². The van der Waals surface area contributed by atoms with Crippen molar-refractivity contribution in [3.8, 4) is 11.3 Å². The van der Waals surface area contributed by atoms with E-state index in [1.165, 1.54) is 0 Å². The summed E-state index contributed by atoms with van der Waals surface area (Å²) in [4.78, 5) is 11.2. The first-order valence-electron chi connectivity index (χ1n) is 5.98. The lowest BCUT2D eigenvalue weighted by atomic mass is 10.1. The lowest BCUT2D eigenvalue weighted by Crippen LogP contribution is -2.07. The van der Waals surface area contributed by atoms with E-state index in [4.69, 9.17) is 5.11 Å². The average molecular weight is 285 g/mol. The van der Waals surface area contributed by atoms with Crippen LogP contribution in [0.2, 0.25) is 0 Å². The number of benzene rings is 1. The molecule has 0 aliphatic heterocycles. The molecule has 3 rings (SSSR count). The number of hydrogen-bond donors (Lipinski definition) is 1. The van der Waals surface area contributed by atoms with Gasteiger partial charge in [0.15, 0.2) is 0 Å². The molecule has 100 valence electrons. The number of carbonyl (C=O) groups is 1. The molecular weight excluding hydrogens is 274 g/mol. The largest absolute Gasteiger partial charge is 0.478 e. The number of hydrogen-bond acceptors (Lipinski definition) is 4. The van der Waals surface area contributed by atoms with E-state index < -0.39 is 5.97 Å². The van der Waals surface area contributed by atoms with Crippen molar-refractivity contribution < 1.29 is 9.90 Å². The molecular formula is C14H11N3O2S. The van der Waals surface area contributed by atoms with Gasteiger partial charge in [-0.1, -0.05) is 23.4 Å². The van der Waals surface area contributed by atoms with Crippen molar-refractivity contribution >= 4 is 17.3 Å². The van der Waals surface area contributed by atoms with Gasteiger partial charge in [0.1, 0.15) is 5.69 Å². The van der Waals surface area contributed by atoms with Crippen molar-refractivity contribution in [1.82, 2.24) is 15.0 Å². The minimum atomic E-state index is -0.932. The van der Waals surface area contributed by atoms with Crippen molar-refractivity contribution in [1.29, 1.82) is 0 Å². The lowest BCUT2D eigenvalue weighted by molar-refractivity contribution is 0.0695. The molecule has 0 saturated carbocycles. The Kier molecular flexibility index (Phi) is 3.30. The summed E-state index contributed by atoms with van der Waals surface area (Å²) in [6, 6.07) is 8.89. The second-order valence-corrected chi connectivity index (χ2v) is 5.06. The Morgan fingerprint density at radius 2 is 2.15 bits per heavy atom. The summed E-state index contributed by atoms with van der Waals surface area (Å²) in [5, 5.41) is 21.3. The summed E-state index contributed by atoms with van der Waals surface area (Å²) in [5.41, 5.74) is 2.81. The van der Waals surface area contributed by atoms with E-state index in [9.17, 15) is 4.79 Å². The molecule has 0 radical (unpaired) electrons. The Bertz CT molecular complexity index is 734. The first-order valence-corrected chi connectivity index (χ1v) is 6.92. The van der Waals surface area contributed by atoms with Crippen LogP contribution in [0.15, 0.2) is 47.3 Å². The van der Waals surface area contributed by atoms with Crippen LogP contribution in [0.25, 0.3) is 11.3 Å². The molecule has 0 fully saturated rings. The van der Waals surface area contributed by atoms with Gasteiger partial charge in [0.05, 0.1) is 18.3 Å². The number of thiophene rings is 1. The van der Waals surface area contributed by atoms with E-state index in [0.717, 1.165) is 11.3 Å². The molecule has 1 N–H and O–H groups in total. The molecule has 0 saturated heterocycles. The van der Waals surface area contributed by atoms with Crippen molar-refractivity contribution in [3.05, 3.63) is 58.4 Å². The Morgan fingerprint density at radius 3 is 2.90 bits per heavy atom. The van der Waals surface area contributed by atoms with Crippen LogP contribution in [0.3, 0.4) is 0 Å². The first-order chi connectivity index (χ1) is 9.74. The number of carboxylic acid groups (broad SMARTS) is 1. The smallest absolute Gasteiger partial charge is 0.336 e. The number of carboxylic acids is 1. The van der Waals surface area contributed by atoms with Gasteiger partial charge in [0.25, 0.3) is 0 Å². The summed E-state index contributed by atoms with van der Waals surface area (Å²) in [7, 11) is 0. The van der Waals surface area contributed by atoms with Gasteiger partial charge < -0.3 is 5.11 Å². The predicted octanol–water partition coefficient (Wildman–Crippen LogP) is 2.75. The van der Waals surface area contributed by atoms with E-state index in [1.807, 2.05) is 29.1 Å². The molecule has 1 aromatic carbocycles. The first kappa shape index (κ1) is 12.6. The molecule has 0 atom stereocenters. The second kappa shape index (κ2) is 5.26. The molecule has 2 heterocycles. The Hall–Kier alpha value is -2.47. The lowest BCUT2D eigenvalue weighted by Gasteiger charge is -2.04. The average Bonchev–Trinajstić information content (AvgIpc) is 3.09. The standard InChI is InChI=1S/C14H11N3O2S/c18-14(19)12-4-2-1-3-10(12)7-17-8-13(15-16-17)11-5-6-20-9-11/h1-6,8-9H,7H2,(H,18,19). The Morgan fingerprint density at radius 1 is 1.30 bits per heavy atom. The molecule has 0 aliphatic rings. The van der Waals surface area contributed by atoms with Crippen LogP contribution in [0.1, 0.15) is 15.9 Å². The van der Waals surface area contributed by atoms with E-state index in [-0.39, 0.29) is 0 Å². The zero-order valence-electron chi connectivity index (χ0n) is 10.4. The van der Waals surface area contributed by atoms with Crippen molar-refractivity contribution in [2.24, 2.45) is 0 Å². The van der Waals surface area contributed by atoms with Gasteiger partial charge in [0.2, 0.25) is 0 Å². The molecule has 2 aromatic heterocycles. The van der Waals surface area contributed by atoms with Crippen LogP contribution in [-0.2, 0) is 6.54 Å². The van der Waals surface area contributed by atoms with Gasteiger partial charge in [-0.25, -0.2) is 9.48 Å². The maximum absolute atomic E-state index is 11.2. The molecule has 0 aliphatic carbocycles. The van der Waals surface area contributed by atoms with Crippen molar-refractivity contribution in [2.75, 3.05) is 0 Å². The van der Waals surface area contributed by atoms with Crippen molar-refractivity contribution in [3.63, 3.8) is 0 Å². The number of rotatable bonds is 4. The topological polar surface area (TPSA) is 68.0 Å². The molecule has 0 unspecified atom stereocenters. The summed E-state index contributed by atoms with van der Waals surface area (Å²) in [6.07, 6.45) is 1.82. The number of nitrogens with zero attached hydrogens (tertiary/aromatic N) is 3. The number of aromatic carboxylic acids is 1. The predicted molar refractivity (Wildman–Crippen MR) is 75.8 cm³/mol. The fraction of sp³-hybridized carbons (Fsp3) is 0.0714. The number of aromatic nitrogens is 3. The zero-order valence-corrected chi connectivity index (χ0v) is 11.2. The molecule has 5 nitrogen and oxygen atoms in total. The fourth-order valence-corrected chi connectivity index (χ4v) is 2.61. The van der Waals surface area contributed by atoms with Crippen LogP contribution >= 0.6 is 11.3 Å². The SMILES string of the molecule is O=C(O)c1ccccc1Cn1cc(-c2ccsc2)nn1. The van der Waals surface area contributed by atoms with Crippen molar-refractivity contribution in [2.45, 2.75) is 6.54 Å². The van der Waals surface area contributed by atoms with Crippen LogP contribution < -0.4 is 0 Å². The molecule has 0 spiro atoms.